The monoisotopic (exact) mass is 275 g/mol. The van der Waals surface area contributed by atoms with Gasteiger partial charge in [-0.05, 0) is 39.3 Å². The molecule has 0 saturated carbocycles. The summed E-state index contributed by atoms with van der Waals surface area (Å²) in [6.45, 7) is 8.12. The van der Waals surface area contributed by atoms with E-state index in [2.05, 4.69) is 10.3 Å². The maximum atomic E-state index is 5.89. The summed E-state index contributed by atoms with van der Waals surface area (Å²) in [6.07, 6.45) is 3.66. The Labute approximate surface area is 120 Å². The Morgan fingerprint density at radius 2 is 1.85 bits per heavy atom. The molecule has 0 unspecified atom stereocenters. The van der Waals surface area contributed by atoms with Gasteiger partial charge in [-0.3, -0.25) is 0 Å². The zero-order valence-corrected chi connectivity index (χ0v) is 12.7. The number of hydrogen-bond acceptors (Lipinski definition) is 5. The van der Waals surface area contributed by atoms with E-state index in [1.54, 1.807) is 13.2 Å². The molecule has 0 atom stereocenters. The van der Waals surface area contributed by atoms with Gasteiger partial charge < -0.3 is 20.4 Å². The second-order valence-electron chi connectivity index (χ2n) is 5.94. The van der Waals surface area contributed by atoms with Crippen molar-refractivity contribution < 1.29 is 9.31 Å². The van der Waals surface area contributed by atoms with Crippen molar-refractivity contribution in [1.82, 2.24) is 4.98 Å². The van der Waals surface area contributed by atoms with Crippen LogP contribution in [-0.2, 0) is 9.31 Å². The smallest absolute Gasteiger partial charge is 0.400 e. The number of rotatable bonds is 3. The molecule has 0 radical (unpaired) electrons. The van der Waals surface area contributed by atoms with Gasteiger partial charge in [-0.25, -0.2) is 4.98 Å². The Hall–Kier alpha value is -1.53. The normalized spacial score (nSPS) is 20.6. The van der Waals surface area contributed by atoms with E-state index in [0.29, 0.717) is 11.5 Å². The first kappa shape index (κ1) is 14.9. The number of pyridine rings is 1. The van der Waals surface area contributed by atoms with Crippen LogP contribution in [0.15, 0.2) is 18.2 Å². The predicted octanol–water partition coefficient (Wildman–Crippen LogP) is 2.35. The van der Waals surface area contributed by atoms with Crippen LogP contribution >= 0.6 is 0 Å². The fraction of sp³-hybridized carbons (Fsp3) is 0.500. The van der Waals surface area contributed by atoms with Gasteiger partial charge in [0.25, 0.3) is 0 Å². The van der Waals surface area contributed by atoms with Crippen molar-refractivity contribution in [2.45, 2.75) is 38.9 Å². The van der Waals surface area contributed by atoms with Crippen LogP contribution in [0.5, 0.6) is 0 Å². The second kappa shape index (κ2) is 5.11. The Kier molecular flexibility index (Phi) is 3.80. The maximum Gasteiger partial charge on any atom is 0.487 e. The topological polar surface area (TPSA) is 69.4 Å². The average molecular weight is 275 g/mol. The summed E-state index contributed by atoms with van der Waals surface area (Å²) in [5.74, 6) is 2.56. The molecule has 108 valence electrons. The van der Waals surface area contributed by atoms with Gasteiger partial charge in [-0.15, -0.1) is 0 Å². The molecule has 6 heteroatoms. The van der Waals surface area contributed by atoms with E-state index in [0.717, 1.165) is 5.56 Å². The van der Waals surface area contributed by atoms with Crippen molar-refractivity contribution in [1.29, 1.82) is 0 Å². The third kappa shape index (κ3) is 2.81. The van der Waals surface area contributed by atoms with Crippen LogP contribution in [0.2, 0.25) is 0 Å². The van der Waals surface area contributed by atoms with Gasteiger partial charge in [0.2, 0.25) is 0 Å². The van der Waals surface area contributed by atoms with Gasteiger partial charge >= 0.3 is 7.12 Å². The van der Waals surface area contributed by atoms with Crippen molar-refractivity contribution in [3.8, 4) is 0 Å². The molecular formula is C14H22BN3O2. The van der Waals surface area contributed by atoms with Gasteiger partial charge in [0.05, 0.1) is 16.9 Å². The van der Waals surface area contributed by atoms with Gasteiger partial charge in [0.15, 0.2) is 0 Å². The third-order valence-corrected chi connectivity index (χ3v) is 3.89. The summed E-state index contributed by atoms with van der Waals surface area (Å²) in [5.41, 5.74) is 6.76. The van der Waals surface area contributed by atoms with Crippen LogP contribution < -0.4 is 11.1 Å². The van der Waals surface area contributed by atoms with Crippen molar-refractivity contribution >= 4 is 24.7 Å². The summed E-state index contributed by atoms with van der Waals surface area (Å²) in [4.78, 5) is 4.23. The zero-order chi connectivity index (χ0) is 15.0. The highest BCUT2D eigenvalue weighted by Gasteiger charge is 2.49. The average Bonchev–Trinajstić information content (AvgIpc) is 2.55. The second-order valence-corrected chi connectivity index (χ2v) is 5.94. The number of nitrogens with zero attached hydrogens (tertiary/aromatic N) is 1. The fourth-order valence-electron chi connectivity index (χ4n) is 1.96. The Morgan fingerprint density at radius 1 is 1.25 bits per heavy atom. The molecule has 3 N–H and O–H groups in total. The Morgan fingerprint density at radius 3 is 2.35 bits per heavy atom. The summed E-state index contributed by atoms with van der Waals surface area (Å²) < 4.78 is 11.8. The molecule has 5 nitrogen and oxygen atoms in total. The lowest BCUT2D eigenvalue weighted by atomic mass is 9.89. The predicted molar refractivity (Wildman–Crippen MR) is 83.3 cm³/mol. The zero-order valence-electron chi connectivity index (χ0n) is 12.7. The molecule has 1 aromatic heterocycles. The Bertz CT molecular complexity index is 513. The van der Waals surface area contributed by atoms with Crippen LogP contribution in [0.4, 0.5) is 11.5 Å². The molecule has 1 aromatic rings. The molecule has 0 bridgehead atoms. The molecule has 1 aliphatic heterocycles. The van der Waals surface area contributed by atoms with Crippen LogP contribution in [0.3, 0.4) is 0 Å². The van der Waals surface area contributed by atoms with Crippen LogP contribution in [0, 0.1) is 0 Å². The molecule has 0 aromatic carbocycles. The minimum atomic E-state index is -0.356. The van der Waals surface area contributed by atoms with Crippen LogP contribution in [0.25, 0.3) is 6.08 Å². The minimum absolute atomic E-state index is 0.324. The van der Waals surface area contributed by atoms with E-state index < -0.39 is 0 Å². The van der Waals surface area contributed by atoms with Crippen molar-refractivity contribution in [3.05, 3.63) is 23.8 Å². The standard InChI is InChI=1S/C14H22BN3O2/c1-13(2)14(3,4)20-15(19-13)7-6-10-8-11(16)12(17-5)18-9-10/h6-9H,16H2,1-5H3,(H,17,18)/b7-6+. The van der Waals surface area contributed by atoms with E-state index in [-0.39, 0.29) is 18.3 Å². The van der Waals surface area contributed by atoms with E-state index in [4.69, 9.17) is 15.0 Å². The summed E-state index contributed by atoms with van der Waals surface area (Å²) in [7, 11) is 1.43. The van der Waals surface area contributed by atoms with E-state index in [1.165, 1.54) is 0 Å². The lowest BCUT2D eigenvalue weighted by molar-refractivity contribution is 0.00578. The van der Waals surface area contributed by atoms with Crippen molar-refractivity contribution in [3.63, 3.8) is 0 Å². The Balaban J connectivity index is 2.10. The third-order valence-electron chi connectivity index (χ3n) is 3.89. The van der Waals surface area contributed by atoms with E-state index in [9.17, 15) is 0 Å². The first-order valence-electron chi connectivity index (χ1n) is 6.72. The molecule has 2 rings (SSSR count). The number of nitrogens with one attached hydrogen (secondary N) is 1. The summed E-state index contributed by atoms with van der Waals surface area (Å²) >= 11 is 0. The number of aromatic nitrogens is 1. The molecule has 0 spiro atoms. The highest BCUT2D eigenvalue weighted by Crippen LogP contribution is 2.37. The molecule has 20 heavy (non-hydrogen) atoms. The van der Waals surface area contributed by atoms with Gasteiger partial charge in [0.1, 0.15) is 5.82 Å². The number of nitrogen functional groups attached to an aromatic ring is 1. The molecule has 0 aliphatic carbocycles. The van der Waals surface area contributed by atoms with Crippen LogP contribution in [0.1, 0.15) is 33.3 Å². The lowest BCUT2D eigenvalue weighted by Gasteiger charge is -2.32. The molecule has 1 saturated heterocycles. The molecule has 1 fully saturated rings. The highest BCUT2D eigenvalue weighted by atomic mass is 16.7. The molecule has 1 aliphatic rings. The van der Waals surface area contributed by atoms with Crippen LogP contribution in [-0.4, -0.2) is 30.4 Å². The van der Waals surface area contributed by atoms with E-state index >= 15 is 0 Å². The number of anilines is 2. The lowest BCUT2D eigenvalue weighted by Crippen LogP contribution is -2.41. The molecule has 0 amide bonds. The van der Waals surface area contributed by atoms with E-state index in [1.807, 2.05) is 45.8 Å². The van der Waals surface area contributed by atoms with Gasteiger partial charge in [-0.1, -0.05) is 12.1 Å². The first-order chi connectivity index (χ1) is 9.25. The SMILES string of the molecule is CNc1ncc(/C=C/B2OC(C)(C)C(C)(C)O2)cc1N. The van der Waals surface area contributed by atoms with Gasteiger partial charge in [0, 0.05) is 13.2 Å². The quantitative estimate of drug-likeness (QED) is 0.829. The largest absolute Gasteiger partial charge is 0.487 e. The van der Waals surface area contributed by atoms with Gasteiger partial charge in [-0.2, -0.15) is 0 Å². The first-order valence-corrected chi connectivity index (χ1v) is 6.72. The molecular weight excluding hydrogens is 253 g/mol. The van der Waals surface area contributed by atoms with Crippen molar-refractivity contribution in [2.24, 2.45) is 0 Å². The summed E-state index contributed by atoms with van der Waals surface area (Å²) in [6, 6.07) is 1.86. The summed E-state index contributed by atoms with van der Waals surface area (Å²) in [5, 5.41) is 2.93. The highest BCUT2D eigenvalue weighted by molar-refractivity contribution is 6.52. The maximum absolute atomic E-state index is 5.89. The number of hydrogen-bond donors (Lipinski definition) is 2. The number of nitrogens with two attached hydrogens (primary N) is 1. The molecule has 2 heterocycles. The fourth-order valence-corrected chi connectivity index (χ4v) is 1.96. The van der Waals surface area contributed by atoms with Crippen molar-refractivity contribution in [2.75, 3.05) is 18.1 Å². The minimum Gasteiger partial charge on any atom is -0.400 e.